The molecule has 0 aliphatic heterocycles. The van der Waals surface area contributed by atoms with E-state index in [-0.39, 0.29) is 11.8 Å². The van der Waals surface area contributed by atoms with Gasteiger partial charge in [0.15, 0.2) is 0 Å². The molecule has 0 radical (unpaired) electrons. The Balaban J connectivity index is 2.20. The minimum Gasteiger partial charge on any atom is -0.494 e. The maximum absolute atomic E-state index is 12.4. The second-order valence-electron chi connectivity index (χ2n) is 4.82. The number of hydrogen-bond donors (Lipinski definition) is 2. The molecule has 0 atom stereocenters. The van der Waals surface area contributed by atoms with E-state index in [1.54, 1.807) is 48.5 Å². The number of anilines is 1. The van der Waals surface area contributed by atoms with Crippen molar-refractivity contribution in [2.45, 2.75) is 13.8 Å². The van der Waals surface area contributed by atoms with Gasteiger partial charge in [0.2, 0.25) is 0 Å². The van der Waals surface area contributed by atoms with Gasteiger partial charge in [0, 0.05) is 12.1 Å². The molecule has 0 saturated heterocycles. The third-order valence-electron chi connectivity index (χ3n) is 3.16. The molecule has 0 aromatic heterocycles. The number of ether oxygens (including phenoxy) is 1. The van der Waals surface area contributed by atoms with Gasteiger partial charge in [-0.1, -0.05) is 18.2 Å². The first kappa shape index (κ1) is 16.5. The van der Waals surface area contributed by atoms with Crippen molar-refractivity contribution in [3.63, 3.8) is 0 Å². The fourth-order valence-electron chi connectivity index (χ4n) is 2.13. The van der Waals surface area contributed by atoms with Gasteiger partial charge in [0.25, 0.3) is 11.8 Å². The van der Waals surface area contributed by atoms with Crippen LogP contribution in [0.15, 0.2) is 48.5 Å². The Bertz CT molecular complexity index is 698. The van der Waals surface area contributed by atoms with Crippen molar-refractivity contribution < 1.29 is 14.3 Å². The number of amides is 2. The van der Waals surface area contributed by atoms with Crippen LogP contribution in [-0.4, -0.2) is 25.0 Å². The van der Waals surface area contributed by atoms with Crippen LogP contribution in [0.25, 0.3) is 0 Å². The maximum atomic E-state index is 12.4. The van der Waals surface area contributed by atoms with Gasteiger partial charge < -0.3 is 15.4 Å². The quantitative estimate of drug-likeness (QED) is 0.861. The molecule has 120 valence electrons. The predicted molar refractivity (Wildman–Crippen MR) is 90.0 cm³/mol. The summed E-state index contributed by atoms with van der Waals surface area (Å²) in [7, 11) is 0. The van der Waals surface area contributed by atoms with Crippen LogP contribution in [0.1, 0.15) is 34.6 Å². The molecule has 0 saturated carbocycles. The minimum absolute atomic E-state index is 0.216. The number of benzene rings is 2. The van der Waals surface area contributed by atoms with Crippen LogP contribution in [0.4, 0.5) is 5.69 Å². The highest BCUT2D eigenvalue weighted by Gasteiger charge is 2.13. The normalized spacial score (nSPS) is 10.0. The van der Waals surface area contributed by atoms with E-state index in [0.717, 1.165) is 0 Å². The van der Waals surface area contributed by atoms with E-state index in [1.165, 1.54) is 0 Å². The Morgan fingerprint density at radius 3 is 2.52 bits per heavy atom. The van der Waals surface area contributed by atoms with Crippen LogP contribution in [0.5, 0.6) is 5.75 Å². The molecule has 0 aliphatic rings. The Morgan fingerprint density at radius 2 is 1.78 bits per heavy atom. The van der Waals surface area contributed by atoms with E-state index in [0.29, 0.717) is 35.7 Å². The first-order chi connectivity index (χ1) is 11.2. The van der Waals surface area contributed by atoms with Crippen LogP contribution in [0.3, 0.4) is 0 Å². The largest absolute Gasteiger partial charge is 0.494 e. The molecule has 0 bridgehead atoms. The summed E-state index contributed by atoms with van der Waals surface area (Å²) in [6.45, 7) is 4.79. The molecule has 0 unspecified atom stereocenters. The summed E-state index contributed by atoms with van der Waals surface area (Å²) < 4.78 is 5.40. The lowest BCUT2D eigenvalue weighted by atomic mass is 10.1. The SMILES string of the molecule is CCNC(=O)c1ccccc1NC(=O)c1cccc(OCC)c1. The van der Waals surface area contributed by atoms with Gasteiger partial charge in [-0.2, -0.15) is 0 Å². The predicted octanol–water partition coefficient (Wildman–Crippen LogP) is 3.09. The number of para-hydroxylation sites is 1. The van der Waals surface area contributed by atoms with Crippen molar-refractivity contribution in [3.8, 4) is 5.75 Å². The molecule has 0 fully saturated rings. The average Bonchev–Trinajstić information content (AvgIpc) is 2.56. The molecule has 0 spiro atoms. The number of carbonyl (C=O) groups is 2. The first-order valence-corrected chi connectivity index (χ1v) is 7.57. The number of carbonyl (C=O) groups excluding carboxylic acids is 2. The van der Waals surface area contributed by atoms with Crippen LogP contribution < -0.4 is 15.4 Å². The Labute approximate surface area is 135 Å². The Hall–Kier alpha value is -2.82. The fourth-order valence-corrected chi connectivity index (χ4v) is 2.13. The van der Waals surface area contributed by atoms with Crippen molar-refractivity contribution in [1.29, 1.82) is 0 Å². The van der Waals surface area contributed by atoms with Gasteiger partial charge in [0.1, 0.15) is 5.75 Å². The van der Waals surface area contributed by atoms with Gasteiger partial charge in [0.05, 0.1) is 17.9 Å². The van der Waals surface area contributed by atoms with E-state index in [2.05, 4.69) is 10.6 Å². The highest BCUT2D eigenvalue weighted by Crippen LogP contribution is 2.18. The van der Waals surface area contributed by atoms with Crippen LogP contribution in [0, 0.1) is 0 Å². The van der Waals surface area contributed by atoms with Crippen LogP contribution in [0.2, 0.25) is 0 Å². The molecule has 2 aromatic carbocycles. The second kappa shape index (κ2) is 7.98. The molecule has 0 heterocycles. The van der Waals surface area contributed by atoms with Crippen molar-refractivity contribution >= 4 is 17.5 Å². The highest BCUT2D eigenvalue weighted by molar-refractivity contribution is 6.09. The second-order valence-corrected chi connectivity index (χ2v) is 4.82. The third-order valence-corrected chi connectivity index (χ3v) is 3.16. The highest BCUT2D eigenvalue weighted by atomic mass is 16.5. The third kappa shape index (κ3) is 4.32. The van der Waals surface area contributed by atoms with Gasteiger partial charge in [-0.15, -0.1) is 0 Å². The summed E-state index contributed by atoms with van der Waals surface area (Å²) in [5.74, 6) is 0.131. The lowest BCUT2D eigenvalue weighted by molar-refractivity contribution is 0.0956. The summed E-state index contributed by atoms with van der Waals surface area (Å²) in [5, 5.41) is 5.51. The topological polar surface area (TPSA) is 67.4 Å². The molecular weight excluding hydrogens is 292 g/mol. The summed E-state index contributed by atoms with van der Waals surface area (Å²) in [4.78, 5) is 24.4. The lowest BCUT2D eigenvalue weighted by Gasteiger charge is -2.11. The minimum atomic E-state index is -0.289. The molecule has 5 heteroatoms. The molecule has 2 amide bonds. The summed E-state index contributed by atoms with van der Waals surface area (Å²) in [6.07, 6.45) is 0. The first-order valence-electron chi connectivity index (χ1n) is 7.57. The zero-order valence-corrected chi connectivity index (χ0v) is 13.3. The van der Waals surface area contributed by atoms with Gasteiger partial charge >= 0.3 is 0 Å². The number of rotatable bonds is 6. The molecule has 0 aliphatic carbocycles. The lowest BCUT2D eigenvalue weighted by Crippen LogP contribution is -2.24. The maximum Gasteiger partial charge on any atom is 0.255 e. The summed E-state index contributed by atoms with van der Waals surface area (Å²) in [6, 6.07) is 13.8. The Morgan fingerprint density at radius 1 is 1.00 bits per heavy atom. The fraction of sp³-hybridized carbons (Fsp3) is 0.222. The zero-order valence-electron chi connectivity index (χ0n) is 13.3. The van der Waals surface area contributed by atoms with Crippen molar-refractivity contribution in [3.05, 3.63) is 59.7 Å². The standard InChI is InChI=1S/C18H20N2O3/c1-3-19-18(22)15-10-5-6-11-16(15)20-17(21)13-8-7-9-14(12-13)23-4-2/h5-12H,3-4H2,1-2H3,(H,19,22)(H,20,21). The molecular formula is C18H20N2O3. The van der Waals surface area contributed by atoms with Crippen LogP contribution in [-0.2, 0) is 0 Å². The summed E-state index contributed by atoms with van der Waals surface area (Å²) >= 11 is 0. The van der Waals surface area contributed by atoms with E-state index >= 15 is 0 Å². The molecule has 2 rings (SSSR count). The molecule has 5 nitrogen and oxygen atoms in total. The van der Waals surface area contributed by atoms with Crippen LogP contribution >= 0.6 is 0 Å². The van der Waals surface area contributed by atoms with E-state index in [9.17, 15) is 9.59 Å². The number of nitrogens with one attached hydrogen (secondary N) is 2. The van der Waals surface area contributed by atoms with E-state index < -0.39 is 0 Å². The summed E-state index contributed by atoms with van der Waals surface area (Å²) in [5.41, 5.74) is 1.38. The average molecular weight is 312 g/mol. The molecule has 2 N–H and O–H groups in total. The van der Waals surface area contributed by atoms with Gasteiger partial charge in [-0.3, -0.25) is 9.59 Å². The number of hydrogen-bond acceptors (Lipinski definition) is 3. The molecule has 23 heavy (non-hydrogen) atoms. The van der Waals surface area contributed by atoms with E-state index in [1.807, 2.05) is 13.8 Å². The molecule has 2 aromatic rings. The van der Waals surface area contributed by atoms with Gasteiger partial charge in [-0.05, 0) is 44.2 Å². The monoisotopic (exact) mass is 312 g/mol. The zero-order chi connectivity index (χ0) is 16.7. The van der Waals surface area contributed by atoms with E-state index in [4.69, 9.17) is 4.74 Å². The van der Waals surface area contributed by atoms with Crippen molar-refractivity contribution in [1.82, 2.24) is 5.32 Å². The Kier molecular flexibility index (Phi) is 5.74. The smallest absolute Gasteiger partial charge is 0.255 e. The van der Waals surface area contributed by atoms with Crippen molar-refractivity contribution in [2.24, 2.45) is 0 Å². The van der Waals surface area contributed by atoms with Crippen molar-refractivity contribution in [2.75, 3.05) is 18.5 Å². The van der Waals surface area contributed by atoms with Gasteiger partial charge in [-0.25, -0.2) is 0 Å².